The Balaban J connectivity index is 1.84. The van der Waals surface area contributed by atoms with Crippen LogP contribution in [0.15, 0.2) is 40.6 Å². The molecule has 19 heavy (non-hydrogen) atoms. The number of anilines is 1. The standard InChI is InChI=1S/C13H18N4OS/c1-10(8-18-2)7-14-11-3-5-12(6-4-11)19-13-15-9-16-17-13/h3-6,9-10,14H,7-8H2,1-2H3,(H,15,16,17). The van der Waals surface area contributed by atoms with E-state index in [2.05, 4.69) is 51.7 Å². The number of nitrogens with one attached hydrogen (secondary N) is 2. The number of benzene rings is 1. The average Bonchev–Trinajstić information content (AvgIpc) is 2.91. The van der Waals surface area contributed by atoms with E-state index in [4.69, 9.17) is 4.74 Å². The second-order valence-electron chi connectivity index (χ2n) is 4.36. The SMILES string of the molecule is COCC(C)CNc1ccc(Sc2ncn[nH]2)cc1. The third-order valence-electron chi connectivity index (χ3n) is 2.57. The van der Waals surface area contributed by atoms with Crippen molar-refractivity contribution < 1.29 is 4.74 Å². The quantitative estimate of drug-likeness (QED) is 0.815. The Morgan fingerprint density at radius 1 is 1.37 bits per heavy atom. The third-order valence-corrected chi connectivity index (χ3v) is 3.47. The molecule has 2 rings (SSSR count). The Hall–Kier alpha value is -1.53. The van der Waals surface area contributed by atoms with Crippen molar-refractivity contribution in [3.63, 3.8) is 0 Å². The van der Waals surface area contributed by atoms with Crippen LogP contribution < -0.4 is 5.32 Å². The summed E-state index contributed by atoms with van der Waals surface area (Å²) in [4.78, 5) is 5.21. The summed E-state index contributed by atoms with van der Waals surface area (Å²) in [5.41, 5.74) is 1.12. The summed E-state index contributed by atoms with van der Waals surface area (Å²) in [7, 11) is 1.73. The molecule has 102 valence electrons. The van der Waals surface area contributed by atoms with Crippen molar-refractivity contribution in [2.45, 2.75) is 17.0 Å². The number of H-pyrrole nitrogens is 1. The Morgan fingerprint density at radius 2 is 2.16 bits per heavy atom. The van der Waals surface area contributed by atoms with Crippen LogP contribution in [0.25, 0.3) is 0 Å². The van der Waals surface area contributed by atoms with Gasteiger partial charge < -0.3 is 10.1 Å². The number of rotatable bonds is 7. The Labute approximate surface area is 117 Å². The molecule has 0 aliphatic heterocycles. The molecule has 0 fully saturated rings. The largest absolute Gasteiger partial charge is 0.385 e. The number of aromatic amines is 1. The van der Waals surface area contributed by atoms with Gasteiger partial charge in [0.1, 0.15) is 6.33 Å². The van der Waals surface area contributed by atoms with Gasteiger partial charge in [-0.1, -0.05) is 18.7 Å². The maximum Gasteiger partial charge on any atom is 0.188 e. The van der Waals surface area contributed by atoms with Crippen molar-refractivity contribution in [1.82, 2.24) is 15.2 Å². The van der Waals surface area contributed by atoms with E-state index in [0.29, 0.717) is 5.92 Å². The molecule has 0 saturated carbocycles. The molecule has 0 radical (unpaired) electrons. The first kappa shape index (κ1) is 13.9. The van der Waals surface area contributed by atoms with E-state index >= 15 is 0 Å². The molecule has 1 aromatic heterocycles. The summed E-state index contributed by atoms with van der Waals surface area (Å²) in [6.45, 7) is 3.83. The summed E-state index contributed by atoms with van der Waals surface area (Å²) in [6, 6.07) is 8.27. The minimum absolute atomic E-state index is 0.494. The van der Waals surface area contributed by atoms with Gasteiger partial charge in [-0.3, -0.25) is 5.10 Å². The van der Waals surface area contributed by atoms with Gasteiger partial charge in [-0.05, 0) is 30.2 Å². The molecule has 1 heterocycles. The van der Waals surface area contributed by atoms with Gasteiger partial charge in [0, 0.05) is 24.2 Å². The Bertz CT molecular complexity index is 472. The van der Waals surface area contributed by atoms with Crippen LogP contribution in [0, 0.1) is 5.92 Å². The third kappa shape index (κ3) is 4.57. The monoisotopic (exact) mass is 278 g/mol. The fraction of sp³-hybridized carbons (Fsp3) is 0.385. The van der Waals surface area contributed by atoms with Gasteiger partial charge in [0.05, 0.1) is 6.61 Å². The van der Waals surface area contributed by atoms with E-state index in [1.807, 2.05) is 0 Å². The summed E-state index contributed by atoms with van der Waals surface area (Å²) in [6.07, 6.45) is 1.51. The van der Waals surface area contributed by atoms with E-state index in [-0.39, 0.29) is 0 Å². The zero-order chi connectivity index (χ0) is 13.5. The lowest BCUT2D eigenvalue weighted by Crippen LogP contribution is -2.15. The van der Waals surface area contributed by atoms with Crippen LogP contribution in [0.2, 0.25) is 0 Å². The minimum Gasteiger partial charge on any atom is -0.385 e. The lowest BCUT2D eigenvalue weighted by atomic mass is 10.2. The number of hydrogen-bond acceptors (Lipinski definition) is 5. The molecule has 0 spiro atoms. The number of aromatic nitrogens is 3. The predicted octanol–water partition coefficient (Wildman–Crippen LogP) is 2.65. The molecule has 0 amide bonds. The zero-order valence-corrected chi connectivity index (χ0v) is 11.9. The summed E-state index contributed by atoms with van der Waals surface area (Å²) in [5.74, 6) is 0.494. The van der Waals surface area contributed by atoms with E-state index in [1.54, 1.807) is 18.9 Å². The maximum atomic E-state index is 5.11. The second kappa shape index (κ2) is 7.16. The molecule has 0 saturated heterocycles. The zero-order valence-electron chi connectivity index (χ0n) is 11.1. The topological polar surface area (TPSA) is 62.8 Å². The fourth-order valence-corrected chi connectivity index (χ4v) is 2.33. The van der Waals surface area contributed by atoms with E-state index in [9.17, 15) is 0 Å². The lowest BCUT2D eigenvalue weighted by Gasteiger charge is -2.12. The molecular formula is C13H18N4OS. The van der Waals surface area contributed by atoms with Gasteiger partial charge in [-0.2, -0.15) is 5.10 Å². The molecule has 0 aliphatic carbocycles. The van der Waals surface area contributed by atoms with Crippen LogP contribution in [0.5, 0.6) is 0 Å². The number of methoxy groups -OCH3 is 1. The highest BCUT2D eigenvalue weighted by molar-refractivity contribution is 7.99. The van der Waals surface area contributed by atoms with Crippen molar-refractivity contribution in [3.05, 3.63) is 30.6 Å². The molecule has 2 N–H and O–H groups in total. The summed E-state index contributed by atoms with van der Waals surface area (Å²) in [5, 5.41) is 10.8. The van der Waals surface area contributed by atoms with Crippen molar-refractivity contribution in [2.24, 2.45) is 5.92 Å². The molecule has 6 heteroatoms. The van der Waals surface area contributed by atoms with Gasteiger partial charge in [0.25, 0.3) is 0 Å². The smallest absolute Gasteiger partial charge is 0.188 e. The van der Waals surface area contributed by atoms with E-state index in [1.165, 1.54) is 6.33 Å². The highest BCUT2D eigenvalue weighted by atomic mass is 32.2. The molecule has 1 atom stereocenters. The van der Waals surface area contributed by atoms with Crippen LogP contribution in [-0.4, -0.2) is 35.4 Å². The molecule has 2 aromatic rings. The van der Waals surface area contributed by atoms with Gasteiger partial charge in [-0.25, -0.2) is 4.98 Å². The minimum atomic E-state index is 0.494. The first-order valence-electron chi connectivity index (χ1n) is 6.14. The predicted molar refractivity (Wildman–Crippen MR) is 76.5 cm³/mol. The van der Waals surface area contributed by atoms with Gasteiger partial charge in [0.15, 0.2) is 5.16 Å². The van der Waals surface area contributed by atoms with Gasteiger partial charge >= 0.3 is 0 Å². The normalized spacial score (nSPS) is 12.3. The fourth-order valence-electron chi connectivity index (χ4n) is 1.63. The number of nitrogens with zero attached hydrogens (tertiary/aromatic N) is 2. The van der Waals surface area contributed by atoms with Crippen LogP contribution in [0.1, 0.15) is 6.92 Å². The molecule has 1 unspecified atom stereocenters. The van der Waals surface area contributed by atoms with E-state index in [0.717, 1.165) is 28.9 Å². The summed E-state index contributed by atoms with van der Waals surface area (Å²) >= 11 is 1.56. The molecule has 5 nitrogen and oxygen atoms in total. The molecule has 0 aliphatic rings. The van der Waals surface area contributed by atoms with Crippen LogP contribution in [-0.2, 0) is 4.74 Å². The van der Waals surface area contributed by atoms with E-state index < -0.39 is 0 Å². The summed E-state index contributed by atoms with van der Waals surface area (Å²) < 4.78 is 5.11. The number of ether oxygens (including phenoxy) is 1. The van der Waals surface area contributed by atoms with Crippen molar-refractivity contribution in [3.8, 4) is 0 Å². The second-order valence-corrected chi connectivity index (χ2v) is 5.42. The van der Waals surface area contributed by atoms with Crippen LogP contribution >= 0.6 is 11.8 Å². The van der Waals surface area contributed by atoms with Gasteiger partial charge in [-0.15, -0.1) is 0 Å². The molecule has 0 bridgehead atoms. The Kier molecular flexibility index (Phi) is 5.23. The molecule has 1 aromatic carbocycles. The Morgan fingerprint density at radius 3 is 2.79 bits per heavy atom. The first-order valence-corrected chi connectivity index (χ1v) is 6.95. The van der Waals surface area contributed by atoms with Crippen molar-refractivity contribution >= 4 is 17.4 Å². The highest BCUT2D eigenvalue weighted by Gasteiger charge is 2.02. The van der Waals surface area contributed by atoms with Gasteiger partial charge in [0.2, 0.25) is 0 Å². The number of hydrogen-bond donors (Lipinski definition) is 2. The maximum absolute atomic E-state index is 5.11. The van der Waals surface area contributed by atoms with Crippen molar-refractivity contribution in [1.29, 1.82) is 0 Å². The average molecular weight is 278 g/mol. The highest BCUT2D eigenvalue weighted by Crippen LogP contribution is 2.25. The lowest BCUT2D eigenvalue weighted by molar-refractivity contribution is 0.164. The first-order chi connectivity index (χ1) is 9.28. The van der Waals surface area contributed by atoms with Crippen molar-refractivity contribution in [2.75, 3.05) is 25.6 Å². The van der Waals surface area contributed by atoms with Crippen LogP contribution in [0.4, 0.5) is 5.69 Å². The van der Waals surface area contributed by atoms with Crippen LogP contribution in [0.3, 0.4) is 0 Å². The molecular weight excluding hydrogens is 260 g/mol.